The lowest BCUT2D eigenvalue weighted by molar-refractivity contribution is 0.192. The monoisotopic (exact) mass is 386 g/mol. The Balaban J connectivity index is 1.42. The molecule has 0 spiro atoms. The van der Waals surface area contributed by atoms with E-state index in [1.54, 1.807) is 6.07 Å². The van der Waals surface area contributed by atoms with Crippen LogP contribution < -0.4 is 10.2 Å². The molecule has 1 unspecified atom stereocenters. The van der Waals surface area contributed by atoms with Crippen LogP contribution in [0.1, 0.15) is 47.2 Å². The molecule has 27 heavy (non-hydrogen) atoms. The lowest BCUT2D eigenvalue weighted by Gasteiger charge is -2.31. The molecule has 1 atom stereocenters. The number of piperidine rings is 1. The standard InChI is InChI=1S/C19H26N6OS/c1-24(2)17-10-16(20-12-21-17)23-19(26)25-9-5-6-13(11-25)18-22-14-7-3-4-8-15(14)27-18/h10,12-13H,3-9,11H2,1-2H3,(H,20,21,23,26). The van der Waals surface area contributed by atoms with Crippen molar-refractivity contribution in [3.05, 3.63) is 28.0 Å². The highest BCUT2D eigenvalue weighted by molar-refractivity contribution is 7.11. The molecule has 144 valence electrons. The summed E-state index contributed by atoms with van der Waals surface area (Å²) in [4.78, 5) is 31.3. The second-order valence-electron chi connectivity index (χ2n) is 7.50. The number of aryl methyl sites for hydroxylation is 2. The Morgan fingerprint density at radius 2 is 2.11 bits per heavy atom. The Morgan fingerprint density at radius 1 is 1.26 bits per heavy atom. The normalized spacial score (nSPS) is 19.5. The average molecular weight is 387 g/mol. The van der Waals surface area contributed by atoms with Gasteiger partial charge in [-0.25, -0.2) is 19.7 Å². The number of rotatable bonds is 3. The Hall–Kier alpha value is -2.22. The summed E-state index contributed by atoms with van der Waals surface area (Å²) in [6.07, 6.45) is 8.41. The Morgan fingerprint density at radius 3 is 2.93 bits per heavy atom. The molecule has 2 aromatic rings. The number of amides is 2. The molecule has 7 nitrogen and oxygen atoms in total. The van der Waals surface area contributed by atoms with Crippen molar-refractivity contribution in [3.8, 4) is 0 Å². The van der Waals surface area contributed by atoms with Gasteiger partial charge in [0, 0.05) is 44.0 Å². The largest absolute Gasteiger partial charge is 0.363 e. The van der Waals surface area contributed by atoms with Crippen molar-refractivity contribution in [1.82, 2.24) is 19.9 Å². The number of thiazole rings is 1. The van der Waals surface area contributed by atoms with Crippen LogP contribution in [0.3, 0.4) is 0 Å². The summed E-state index contributed by atoms with van der Waals surface area (Å²) in [5, 5.41) is 4.14. The molecule has 2 aromatic heterocycles. The minimum Gasteiger partial charge on any atom is -0.363 e. The number of anilines is 2. The molecule has 0 radical (unpaired) electrons. The van der Waals surface area contributed by atoms with Gasteiger partial charge in [0.05, 0.1) is 10.7 Å². The van der Waals surface area contributed by atoms with Gasteiger partial charge in [-0.3, -0.25) is 5.32 Å². The van der Waals surface area contributed by atoms with Gasteiger partial charge >= 0.3 is 6.03 Å². The van der Waals surface area contributed by atoms with Gasteiger partial charge in [-0.05, 0) is 38.5 Å². The average Bonchev–Trinajstić information content (AvgIpc) is 3.12. The number of aromatic nitrogens is 3. The minimum atomic E-state index is -0.0931. The fourth-order valence-electron chi connectivity index (χ4n) is 3.76. The minimum absolute atomic E-state index is 0.0931. The summed E-state index contributed by atoms with van der Waals surface area (Å²) >= 11 is 1.87. The maximum atomic E-state index is 12.7. The number of nitrogens with one attached hydrogen (secondary N) is 1. The first-order valence-electron chi connectivity index (χ1n) is 9.64. The number of carbonyl (C=O) groups is 1. The first-order valence-corrected chi connectivity index (χ1v) is 10.5. The Bertz CT molecular complexity index is 797. The summed E-state index contributed by atoms with van der Waals surface area (Å²) in [6.45, 7) is 1.50. The first-order chi connectivity index (χ1) is 13.1. The van der Waals surface area contributed by atoms with E-state index < -0.39 is 0 Å². The third-order valence-electron chi connectivity index (χ3n) is 5.27. The van der Waals surface area contributed by atoms with Crippen LogP contribution >= 0.6 is 11.3 Å². The highest BCUT2D eigenvalue weighted by Gasteiger charge is 2.28. The number of urea groups is 1. The van der Waals surface area contributed by atoms with Gasteiger partial charge < -0.3 is 9.80 Å². The molecular weight excluding hydrogens is 360 g/mol. The summed E-state index contributed by atoms with van der Waals surface area (Å²) in [7, 11) is 3.83. The molecule has 1 saturated heterocycles. The third-order valence-corrected chi connectivity index (χ3v) is 6.59. The quantitative estimate of drug-likeness (QED) is 0.876. The van der Waals surface area contributed by atoms with Crippen LogP contribution in [0.5, 0.6) is 0 Å². The summed E-state index contributed by atoms with van der Waals surface area (Å²) in [5.41, 5.74) is 1.31. The van der Waals surface area contributed by atoms with Crippen molar-refractivity contribution >= 4 is 29.0 Å². The third kappa shape index (κ3) is 4.05. The molecule has 4 rings (SSSR count). The van der Waals surface area contributed by atoms with Crippen LogP contribution in [0, 0.1) is 0 Å². The van der Waals surface area contributed by atoms with Gasteiger partial charge in [-0.15, -0.1) is 11.3 Å². The molecular formula is C19H26N6OS. The fraction of sp³-hybridized carbons (Fsp3) is 0.579. The van der Waals surface area contributed by atoms with Crippen LogP contribution in [0.25, 0.3) is 0 Å². The van der Waals surface area contributed by atoms with Crippen LogP contribution in [0.2, 0.25) is 0 Å². The van der Waals surface area contributed by atoms with Crippen molar-refractivity contribution in [3.63, 3.8) is 0 Å². The van der Waals surface area contributed by atoms with E-state index in [-0.39, 0.29) is 6.03 Å². The Kier molecular flexibility index (Phi) is 5.24. The highest BCUT2D eigenvalue weighted by Crippen LogP contribution is 2.34. The summed E-state index contributed by atoms with van der Waals surface area (Å²) in [5.74, 6) is 1.65. The second-order valence-corrected chi connectivity index (χ2v) is 8.62. The van der Waals surface area contributed by atoms with E-state index in [0.717, 1.165) is 38.2 Å². The van der Waals surface area contributed by atoms with Crippen molar-refractivity contribution in [1.29, 1.82) is 0 Å². The van der Waals surface area contributed by atoms with Crippen LogP contribution in [0.4, 0.5) is 16.4 Å². The zero-order valence-corrected chi connectivity index (χ0v) is 16.8. The molecule has 1 fully saturated rings. The molecule has 0 saturated carbocycles. The lowest BCUT2D eigenvalue weighted by atomic mass is 9.98. The smallest absolute Gasteiger partial charge is 0.323 e. The second kappa shape index (κ2) is 7.80. The summed E-state index contributed by atoms with van der Waals surface area (Å²) in [6, 6.07) is 1.69. The number of nitrogens with zero attached hydrogens (tertiary/aromatic N) is 5. The molecule has 3 heterocycles. The molecule has 0 bridgehead atoms. The van der Waals surface area contributed by atoms with Gasteiger partial charge in [-0.2, -0.15) is 0 Å². The zero-order valence-electron chi connectivity index (χ0n) is 15.9. The van der Waals surface area contributed by atoms with Gasteiger partial charge in [0.25, 0.3) is 0 Å². The lowest BCUT2D eigenvalue weighted by Crippen LogP contribution is -2.41. The van der Waals surface area contributed by atoms with Gasteiger partial charge in [-0.1, -0.05) is 0 Å². The first kappa shape index (κ1) is 18.2. The SMILES string of the molecule is CN(C)c1cc(NC(=O)N2CCCC(c3nc4c(s3)CCCC4)C2)ncn1. The number of hydrogen-bond donors (Lipinski definition) is 1. The van der Waals surface area contributed by atoms with Crippen molar-refractivity contribution in [2.75, 3.05) is 37.4 Å². The molecule has 1 aliphatic carbocycles. The van der Waals surface area contributed by atoms with Gasteiger partial charge in [0.15, 0.2) is 0 Å². The van der Waals surface area contributed by atoms with E-state index in [1.165, 1.54) is 41.2 Å². The predicted octanol–water partition coefficient (Wildman–Crippen LogP) is 3.29. The zero-order chi connectivity index (χ0) is 18.8. The molecule has 2 amide bonds. The van der Waals surface area contributed by atoms with E-state index in [2.05, 4.69) is 15.3 Å². The molecule has 0 aromatic carbocycles. The number of likely N-dealkylation sites (tertiary alicyclic amines) is 1. The van der Waals surface area contributed by atoms with Crippen LogP contribution in [0.15, 0.2) is 12.4 Å². The van der Waals surface area contributed by atoms with Crippen molar-refractivity contribution in [2.24, 2.45) is 0 Å². The number of carbonyl (C=O) groups excluding carboxylic acids is 1. The van der Waals surface area contributed by atoms with E-state index >= 15 is 0 Å². The van der Waals surface area contributed by atoms with Crippen LogP contribution in [-0.2, 0) is 12.8 Å². The van der Waals surface area contributed by atoms with Crippen molar-refractivity contribution < 1.29 is 4.79 Å². The maximum Gasteiger partial charge on any atom is 0.323 e. The van der Waals surface area contributed by atoms with E-state index in [4.69, 9.17) is 4.98 Å². The number of hydrogen-bond acceptors (Lipinski definition) is 6. The maximum absolute atomic E-state index is 12.7. The Labute approximate surface area is 163 Å². The van der Waals surface area contributed by atoms with E-state index in [0.29, 0.717) is 11.7 Å². The molecule has 8 heteroatoms. The van der Waals surface area contributed by atoms with Crippen LogP contribution in [-0.4, -0.2) is 53.1 Å². The van der Waals surface area contributed by atoms with Gasteiger partial charge in [0.2, 0.25) is 0 Å². The van der Waals surface area contributed by atoms with Gasteiger partial charge in [0.1, 0.15) is 18.0 Å². The highest BCUT2D eigenvalue weighted by atomic mass is 32.1. The molecule has 1 aliphatic heterocycles. The molecule has 2 aliphatic rings. The fourth-order valence-corrected chi connectivity index (χ4v) is 5.04. The van der Waals surface area contributed by atoms with E-state index in [9.17, 15) is 4.79 Å². The van der Waals surface area contributed by atoms with E-state index in [1.807, 2.05) is 35.2 Å². The summed E-state index contributed by atoms with van der Waals surface area (Å²) < 4.78 is 0. The molecule has 1 N–H and O–H groups in total. The number of fused-ring (bicyclic) bond motifs is 1. The topological polar surface area (TPSA) is 74.2 Å². The van der Waals surface area contributed by atoms with Crippen molar-refractivity contribution in [2.45, 2.75) is 44.4 Å². The predicted molar refractivity (Wildman–Crippen MR) is 108 cm³/mol.